The normalized spacial score (nSPS) is 16.8. The summed E-state index contributed by atoms with van der Waals surface area (Å²) in [6, 6.07) is 4.12. The smallest absolute Gasteiger partial charge is 0.150 e. The summed E-state index contributed by atoms with van der Waals surface area (Å²) < 4.78 is 18.7. The standard InChI is InChI=1S/C14H17FO2/c15-13-6-12(9-16)7-14(8-13)17-10-11-4-2-1-3-5-11/h6-9,11H,1-5,10H2. The molecule has 1 aromatic rings. The van der Waals surface area contributed by atoms with Crippen LogP contribution < -0.4 is 4.74 Å². The predicted molar refractivity (Wildman–Crippen MR) is 63.9 cm³/mol. The molecule has 0 atom stereocenters. The second kappa shape index (κ2) is 5.80. The van der Waals surface area contributed by atoms with E-state index in [1.54, 1.807) is 6.07 Å². The van der Waals surface area contributed by atoms with Crippen LogP contribution in [0.3, 0.4) is 0 Å². The van der Waals surface area contributed by atoms with Gasteiger partial charge < -0.3 is 4.74 Å². The first-order valence-electron chi connectivity index (χ1n) is 6.16. The summed E-state index contributed by atoms with van der Waals surface area (Å²) in [6.07, 6.45) is 6.85. The zero-order valence-electron chi connectivity index (χ0n) is 9.82. The Kier molecular flexibility index (Phi) is 4.13. The summed E-state index contributed by atoms with van der Waals surface area (Å²) in [4.78, 5) is 10.6. The largest absolute Gasteiger partial charge is 0.493 e. The second-order valence-electron chi connectivity index (χ2n) is 4.65. The highest BCUT2D eigenvalue weighted by molar-refractivity contribution is 5.75. The van der Waals surface area contributed by atoms with E-state index in [0.29, 0.717) is 30.1 Å². The number of halogens is 1. The fraction of sp³-hybridized carbons (Fsp3) is 0.500. The average Bonchev–Trinajstić information content (AvgIpc) is 2.37. The van der Waals surface area contributed by atoms with Crippen LogP contribution in [0.2, 0.25) is 0 Å². The van der Waals surface area contributed by atoms with E-state index in [4.69, 9.17) is 4.74 Å². The molecule has 0 amide bonds. The lowest BCUT2D eigenvalue weighted by molar-refractivity contribution is 0.112. The zero-order valence-corrected chi connectivity index (χ0v) is 9.82. The molecule has 92 valence electrons. The molecule has 2 rings (SSSR count). The number of hydrogen-bond acceptors (Lipinski definition) is 2. The van der Waals surface area contributed by atoms with Gasteiger partial charge in [0.25, 0.3) is 0 Å². The molecular weight excluding hydrogens is 219 g/mol. The lowest BCUT2D eigenvalue weighted by Crippen LogP contribution is -2.15. The van der Waals surface area contributed by atoms with Crippen LogP contribution in [0.15, 0.2) is 18.2 Å². The number of benzene rings is 1. The molecule has 0 N–H and O–H groups in total. The third-order valence-electron chi connectivity index (χ3n) is 3.24. The SMILES string of the molecule is O=Cc1cc(F)cc(OCC2CCCCC2)c1. The van der Waals surface area contributed by atoms with Gasteiger partial charge in [-0.25, -0.2) is 4.39 Å². The van der Waals surface area contributed by atoms with Gasteiger partial charge >= 0.3 is 0 Å². The quantitative estimate of drug-likeness (QED) is 0.747. The molecule has 0 aromatic heterocycles. The molecule has 1 fully saturated rings. The van der Waals surface area contributed by atoms with Crippen LogP contribution in [0.1, 0.15) is 42.5 Å². The van der Waals surface area contributed by atoms with Crippen molar-refractivity contribution in [1.82, 2.24) is 0 Å². The van der Waals surface area contributed by atoms with Crippen molar-refractivity contribution in [3.05, 3.63) is 29.6 Å². The molecule has 1 aliphatic rings. The van der Waals surface area contributed by atoms with Gasteiger partial charge in [0, 0.05) is 11.6 Å². The number of ether oxygens (including phenoxy) is 1. The number of carbonyl (C=O) groups is 1. The Morgan fingerprint density at radius 3 is 2.71 bits per heavy atom. The van der Waals surface area contributed by atoms with Gasteiger partial charge in [-0.15, -0.1) is 0 Å². The van der Waals surface area contributed by atoms with E-state index in [1.807, 2.05) is 0 Å². The number of rotatable bonds is 4. The molecule has 0 aliphatic heterocycles. The van der Waals surface area contributed by atoms with Crippen molar-refractivity contribution in [3.63, 3.8) is 0 Å². The topological polar surface area (TPSA) is 26.3 Å². The predicted octanol–water partition coefficient (Wildman–Crippen LogP) is 3.60. The van der Waals surface area contributed by atoms with E-state index in [1.165, 1.54) is 44.2 Å². The Morgan fingerprint density at radius 2 is 2.00 bits per heavy atom. The van der Waals surface area contributed by atoms with Gasteiger partial charge in [-0.3, -0.25) is 4.79 Å². The summed E-state index contributed by atoms with van der Waals surface area (Å²) in [5, 5.41) is 0. The summed E-state index contributed by atoms with van der Waals surface area (Å²) in [7, 11) is 0. The maximum atomic E-state index is 13.1. The van der Waals surface area contributed by atoms with Gasteiger partial charge in [0.1, 0.15) is 17.9 Å². The zero-order chi connectivity index (χ0) is 12.1. The third kappa shape index (κ3) is 3.55. The van der Waals surface area contributed by atoms with E-state index in [-0.39, 0.29) is 0 Å². The first kappa shape index (κ1) is 12.1. The van der Waals surface area contributed by atoms with Crippen molar-refractivity contribution in [3.8, 4) is 5.75 Å². The summed E-state index contributed by atoms with van der Waals surface area (Å²) in [5.41, 5.74) is 0.323. The summed E-state index contributed by atoms with van der Waals surface area (Å²) in [6.45, 7) is 0.627. The van der Waals surface area contributed by atoms with Gasteiger partial charge in [-0.2, -0.15) is 0 Å². The number of carbonyl (C=O) groups excluding carboxylic acids is 1. The molecular formula is C14H17FO2. The average molecular weight is 236 g/mol. The van der Waals surface area contributed by atoms with E-state index in [9.17, 15) is 9.18 Å². The molecule has 17 heavy (non-hydrogen) atoms. The van der Waals surface area contributed by atoms with Gasteiger partial charge in [-0.1, -0.05) is 19.3 Å². The van der Waals surface area contributed by atoms with Crippen LogP contribution in [0.25, 0.3) is 0 Å². The first-order valence-corrected chi connectivity index (χ1v) is 6.16. The first-order chi connectivity index (χ1) is 8.28. The van der Waals surface area contributed by atoms with Crippen molar-refractivity contribution in [2.45, 2.75) is 32.1 Å². The molecule has 1 aliphatic carbocycles. The Bertz CT molecular complexity index is 384. The van der Waals surface area contributed by atoms with E-state index in [0.717, 1.165) is 0 Å². The minimum Gasteiger partial charge on any atom is -0.493 e. The molecule has 0 spiro atoms. The van der Waals surface area contributed by atoms with Crippen molar-refractivity contribution in [1.29, 1.82) is 0 Å². The monoisotopic (exact) mass is 236 g/mol. The van der Waals surface area contributed by atoms with Gasteiger partial charge in [0.2, 0.25) is 0 Å². The molecule has 0 saturated heterocycles. The summed E-state index contributed by atoms with van der Waals surface area (Å²) >= 11 is 0. The highest BCUT2D eigenvalue weighted by Crippen LogP contribution is 2.25. The molecule has 1 aromatic carbocycles. The van der Waals surface area contributed by atoms with Crippen molar-refractivity contribution >= 4 is 6.29 Å². The Labute approximate surface area is 101 Å². The van der Waals surface area contributed by atoms with Crippen molar-refractivity contribution in [2.75, 3.05) is 6.61 Å². The lowest BCUT2D eigenvalue weighted by Gasteiger charge is -2.21. The molecule has 3 heteroatoms. The Morgan fingerprint density at radius 1 is 1.24 bits per heavy atom. The van der Waals surface area contributed by atoms with Gasteiger partial charge in [0.05, 0.1) is 6.61 Å². The van der Waals surface area contributed by atoms with Crippen molar-refractivity contribution in [2.24, 2.45) is 5.92 Å². The maximum absolute atomic E-state index is 13.1. The number of aldehydes is 1. The fourth-order valence-electron chi connectivity index (χ4n) is 2.30. The van der Waals surface area contributed by atoms with Crippen LogP contribution >= 0.6 is 0 Å². The van der Waals surface area contributed by atoms with Crippen molar-refractivity contribution < 1.29 is 13.9 Å². The molecule has 0 unspecified atom stereocenters. The maximum Gasteiger partial charge on any atom is 0.150 e. The minimum absolute atomic E-state index is 0.323. The minimum atomic E-state index is -0.423. The lowest BCUT2D eigenvalue weighted by atomic mass is 9.90. The van der Waals surface area contributed by atoms with Crippen LogP contribution in [0.4, 0.5) is 4.39 Å². The fourth-order valence-corrected chi connectivity index (χ4v) is 2.30. The van der Waals surface area contributed by atoms with E-state index >= 15 is 0 Å². The van der Waals surface area contributed by atoms with Crippen LogP contribution in [0.5, 0.6) is 5.75 Å². The van der Waals surface area contributed by atoms with Crippen LogP contribution in [-0.4, -0.2) is 12.9 Å². The Hall–Kier alpha value is -1.38. The van der Waals surface area contributed by atoms with Crippen LogP contribution in [-0.2, 0) is 0 Å². The molecule has 1 saturated carbocycles. The van der Waals surface area contributed by atoms with E-state index in [2.05, 4.69) is 0 Å². The van der Waals surface area contributed by atoms with Crippen LogP contribution in [0, 0.1) is 11.7 Å². The molecule has 0 heterocycles. The second-order valence-corrected chi connectivity index (χ2v) is 4.65. The van der Waals surface area contributed by atoms with Gasteiger partial charge in [0.15, 0.2) is 0 Å². The molecule has 0 bridgehead atoms. The highest BCUT2D eigenvalue weighted by Gasteiger charge is 2.14. The Balaban J connectivity index is 1.93. The highest BCUT2D eigenvalue weighted by atomic mass is 19.1. The van der Waals surface area contributed by atoms with Gasteiger partial charge in [-0.05, 0) is 30.9 Å². The van der Waals surface area contributed by atoms with E-state index < -0.39 is 5.82 Å². The molecule has 0 radical (unpaired) electrons. The summed E-state index contributed by atoms with van der Waals surface area (Å²) in [5.74, 6) is 0.609. The number of hydrogen-bond donors (Lipinski definition) is 0. The third-order valence-corrected chi connectivity index (χ3v) is 3.24. The molecule has 2 nitrogen and oxygen atoms in total.